The van der Waals surface area contributed by atoms with E-state index in [1.165, 1.54) is 6.42 Å². The van der Waals surface area contributed by atoms with E-state index in [4.69, 9.17) is 0 Å². The zero-order valence-electron chi connectivity index (χ0n) is 11.4. The number of anilines is 1. The van der Waals surface area contributed by atoms with Crippen LogP contribution in [-0.2, 0) is 0 Å². The van der Waals surface area contributed by atoms with E-state index in [0.29, 0.717) is 5.56 Å². The van der Waals surface area contributed by atoms with E-state index in [0.717, 1.165) is 30.8 Å². The molecular formula is C15H21NO2. The summed E-state index contributed by atoms with van der Waals surface area (Å²) >= 11 is 0. The van der Waals surface area contributed by atoms with Gasteiger partial charge in [-0.05, 0) is 42.9 Å². The van der Waals surface area contributed by atoms with E-state index in [1.807, 2.05) is 19.1 Å². The maximum atomic E-state index is 11.3. The molecule has 1 aliphatic heterocycles. The topological polar surface area (TPSA) is 40.5 Å². The number of carboxylic acids is 1. The van der Waals surface area contributed by atoms with Crippen LogP contribution < -0.4 is 4.90 Å². The number of hydrogen-bond acceptors (Lipinski definition) is 2. The highest BCUT2D eigenvalue weighted by Gasteiger charge is 2.28. The Kier molecular flexibility index (Phi) is 3.33. The third-order valence-electron chi connectivity index (χ3n) is 3.62. The monoisotopic (exact) mass is 247 g/mol. The Morgan fingerprint density at radius 2 is 2.11 bits per heavy atom. The van der Waals surface area contributed by atoms with Gasteiger partial charge in [-0.3, -0.25) is 0 Å². The fourth-order valence-electron chi connectivity index (χ4n) is 2.71. The third-order valence-corrected chi connectivity index (χ3v) is 3.62. The summed E-state index contributed by atoms with van der Waals surface area (Å²) in [6.07, 6.45) is 2.33. The molecule has 0 aromatic heterocycles. The van der Waals surface area contributed by atoms with Gasteiger partial charge in [0.1, 0.15) is 0 Å². The van der Waals surface area contributed by atoms with Gasteiger partial charge < -0.3 is 10.0 Å². The Hall–Kier alpha value is -1.51. The van der Waals surface area contributed by atoms with Gasteiger partial charge >= 0.3 is 5.97 Å². The fraction of sp³-hybridized carbons (Fsp3) is 0.533. The predicted octanol–water partition coefficient (Wildman–Crippen LogP) is 3.32. The second kappa shape index (κ2) is 4.63. The highest BCUT2D eigenvalue weighted by Crippen LogP contribution is 2.33. The lowest BCUT2D eigenvalue weighted by Crippen LogP contribution is -2.40. The van der Waals surface area contributed by atoms with E-state index < -0.39 is 5.97 Å². The summed E-state index contributed by atoms with van der Waals surface area (Å²) in [4.78, 5) is 13.5. The van der Waals surface area contributed by atoms with Crippen molar-refractivity contribution in [1.29, 1.82) is 0 Å². The zero-order chi connectivity index (χ0) is 13.3. The van der Waals surface area contributed by atoms with Gasteiger partial charge in [-0.2, -0.15) is 0 Å². The fourth-order valence-corrected chi connectivity index (χ4v) is 2.71. The van der Waals surface area contributed by atoms with Crippen molar-refractivity contribution in [2.75, 3.05) is 18.0 Å². The van der Waals surface area contributed by atoms with Crippen LogP contribution in [0.15, 0.2) is 18.2 Å². The summed E-state index contributed by atoms with van der Waals surface area (Å²) in [5, 5.41) is 9.29. The van der Waals surface area contributed by atoms with Gasteiger partial charge in [0.15, 0.2) is 0 Å². The van der Waals surface area contributed by atoms with E-state index >= 15 is 0 Å². The summed E-state index contributed by atoms with van der Waals surface area (Å²) in [5.74, 6) is -0.839. The smallest absolute Gasteiger partial charge is 0.337 e. The zero-order valence-corrected chi connectivity index (χ0v) is 11.4. The van der Waals surface area contributed by atoms with Crippen molar-refractivity contribution in [3.05, 3.63) is 29.3 Å². The molecule has 1 aromatic rings. The number of carboxylic acid groups (broad SMARTS) is 1. The summed E-state index contributed by atoms with van der Waals surface area (Å²) in [6, 6.07) is 5.57. The van der Waals surface area contributed by atoms with Crippen molar-refractivity contribution in [3.63, 3.8) is 0 Å². The average molecular weight is 247 g/mol. The van der Waals surface area contributed by atoms with Crippen LogP contribution in [0.25, 0.3) is 0 Å². The highest BCUT2D eigenvalue weighted by molar-refractivity contribution is 5.94. The molecule has 0 aliphatic carbocycles. The summed E-state index contributed by atoms with van der Waals surface area (Å²) in [7, 11) is 0. The summed E-state index contributed by atoms with van der Waals surface area (Å²) in [5.41, 5.74) is 2.66. The van der Waals surface area contributed by atoms with E-state index in [9.17, 15) is 9.90 Å². The number of carbonyl (C=O) groups is 1. The second-order valence-electron chi connectivity index (χ2n) is 6.02. The molecule has 1 fully saturated rings. The van der Waals surface area contributed by atoms with Crippen LogP contribution in [0.1, 0.15) is 42.6 Å². The predicted molar refractivity (Wildman–Crippen MR) is 73.4 cm³/mol. The van der Waals surface area contributed by atoms with Gasteiger partial charge in [0.2, 0.25) is 0 Å². The average Bonchev–Trinajstić information content (AvgIpc) is 2.27. The molecule has 0 unspecified atom stereocenters. The lowest BCUT2D eigenvalue weighted by Gasteiger charge is -2.40. The largest absolute Gasteiger partial charge is 0.478 e. The van der Waals surface area contributed by atoms with Crippen molar-refractivity contribution in [2.24, 2.45) is 5.41 Å². The standard InChI is InChI=1S/C15H21NO2/c1-11-5-6-12(14(17)18)13(9-11)16-8-4-7-15(2,3)10-16/h5-6,9H,4,7-8,10H2,1-3H3,(H,17,18). The third kappa shape index (κ3) is 2.66. The molecule has 0 atom stereocenters. The van der Waals surface area contributed by atoms with Gasteiger partial charge in [-0.25, -0.2) is 4.79 Å². The first-order chi connectivity index (χ1) is 8.39. The first-order valence-corrected chi connectivity index (χ1v) is 6.48. The number of benzene rings is 1. The number of hydrogen-bond donors (Lipinski definition) is 1. The molecular weight excluding hydrogens is 226 g/mol. The number of nitrogens with zero attached hydrogens (tertiary/aromatic N) is 1. The Bertz CT molecular complexity index is 466. The molecule has 1 aliphatic rings. The number of rotatable bonds is 2. The number of piperidine rings is 1. The molecule has 1 aromatic carbocycles. The van der Waals surface area contributed by atoms with E-state index in [-0.39, 0.29) is 5.41 Å². The number of aryl methyl sites for hydroxylation is 1. The van der Waals surface area contributed by atoms with Crippen molar-refractivity contribution in [2.45, 2.75) is 33.6 Å². The van der Waals surface area contributed by atoms with Crippen LogP contribution in [0.4, 0.5) is 5.69 Å². The second-order valence-corrected chi connectivity index (χ2v) is 6.02. The van der Waals surface area contributed by atoms with E-state index in [1.54, 1.807) is 6.07 Å². The Morgan fingerprint density at radius 3 is 2.72 bits per heavy atom. The Morgan fingerprint density at radius 1 is 1.39 bits per heavy atom. The van der Waals surface area contributed by atoms with Crippen molar-refractivity contribution in [1.82, 2.24) is 0 Å². The molecule has 0 bridgehead atoms. The maximum Gasteiger partial charge on any atom is 0.337 e. The minimum absolute atomic E-state index is 0.262. The molecule has 0 radical (unpaired) electrons. The molecule has 0 amide bonds. The van der Waals surface area contributed by atoms with Crippen LogP contribution >= 0.6 is 0 Å². The molecule has 3 heteroatoms. The highest BCUT2D eigenvalue weighted by atomic mass is 16.4. The maximum absolute atomic E-state index is 11.3. The first kappa shape index (κ1) is 12.9. The minimum atomic E-state index is -0.839. The van der Waals surface area contributed by atoms with Gasteiger partial charge in [0.25, 0.3) is 0 Å². The normalized spacial score (nSPS) is 18.7. The Labute approximate surface area is 108 Å². The summed E-state index contributed by atoms with van der Waals surface area (Å²) < 4.78 is 0. The molecule has 1 saturated heterocycles. The molecule has 0 saturated carbocycles. The molecule has 3 nitrogen and oxygen atoms in total. The summed E-state index contributed by atoms with van der Waals surface area (Å²) in [6.45, 7) is 8.37. The van der Waals surface area contributed by atoms with Gasteiger partial charge in [0.05, 0.1) is 11.3 Å². The first-order valence-electron chi connectivity index (χ1n) is 6.48. The molecule has 18 heavy (non-hydrogen) atoms. The lowest BCUT2D eigenvalue weighted by atomic mass is 9.83. The quantitative estimate of drug-likeness (QED) is 0.871. The number of aromatic carboxylic acids is 1. The molecule has 1 heterocycles. The molecule has 98 valence electrons. The Balaban J connectivity index is 2.37. The van der Waals surface area contributed by atoms with Crippen LogP contribution in [-0.4, -0.2) is 24.2 Å². The van der Waals surface area contributed by atoms with Gasteiger partial charge in [-0.1, -0.05) is 19.9 Å². The van der Waals surface area contributed by atoms with Crippen molar-refractivity contribution < 1.29 is 9.90 Å². The molecule has 2 rings (SSSR count). The van der Waals surface area contributed by atoms with Crippen LogP contribution in [0, 0.1) is 12.3 Å². The van der Waals surface area contributed by atoms with Crippen LogP contribution in [0.2, 0.25) is 0 Å². The lowest BCUT2D eigenvalue weighted by molar-refractivity contribution is 0.0697. The molecule has 0 spiro atoms. The van der Waals surface area contributed by atoms with E-state index in [2.05, 4.69) is 18.7 Å². The van der Waals surface area contributed by atoms with Crippen LogP contribution in [0.5, 0.6) is 0 Å². The SMILES string of the molecule is Cc1ccc(C(=O)O)c(N2CCCC(C)(C)C2)c1. The van der Waals surface area contributed by atoms with Gasteiger partial charge in [0, 0.05) is 13.1 Å². The minimum Gasteiger partial charge on any atom is -0.478 e. The van der Waals surface area contributed by atoms with Crippen molar-refractivity contribution in [3.8, 4) is 0 Å². The van der Waals surface area contributed by atoms with Crippen molar-refractivity contribution >= 4 is 11.7 Å². The van der Waals surface area contributed by atoms with Gasteiger partial charge in [-0.15, -0.1) is 0 Å². The van der Waals surface area contributed by atoms with Crippen LogP contribution in [0.3, 0.4) is 0 Å². The molecule has 1 N–H and O–H groups in total.